The summed E-state index contributed by atoms with van der Waals surface area (Å²) < 4.78 is 15.5. The summed E-state index contributed by atoms with van der Waals surface area (Å²) in [6.45, 7) is 25.2. The smallest absolute Gasteiger partial charge is 0.184 e. The van der Waals surface area contributed by atoms with Crippen LogP contribution in [0.15, 0.2) is 21.8 Å². The second-order valence-electron chi connectivity index (χ2n) is 9.70. The molecule has 0 unspecified atom stereocenters. The molecule has 0 aromatic carbocycles. The van der Waals surface area contributed by atoms with Gasteiger partial charge >= 0.3 is 0 Å². The van der Waals surface area contributed by atoms with Crippen molar-refractivity contribution in [3.05, 3.63) is 21.8 Å². The van der Waals surface area contributed by atoms with Crippen LogP contribution in [0.1, 0.15) is 41.0 Å². The van der Waals surface area contributed by atoms with E-state index in [0.29, 0.717) is 17.8 Å². The van der Waals surface area contributed by atoms with Crippen LogP contribution in [0.2, 0.25) is 39.3 Å². The Bertz CT molecular complexity index is 464. The van der Waals surface area contributed by atoms with E-state index in [0.717, 1.165) is 6.42 Å². The van der Waals surface area contributed by atoms with Crippen LogP contribution >= 0.6 is 22.6 Å². The molecule has 0 aromatic rings. The Morgan fingerprint density at radius 2 is 1.38 bits per heavy atom. The molecule has 0 saturated heterocycles. The van der Waals surface area contributed by atoms with Gasteiger partial charge < -0.3 is 8.85 Å². The van der Waals surface area contributed by atoms with Gasteiger partial charge in [0.25, 0.3) is 0 Å². The highest BCUT2D eigenvalue weighted by molar-refractivity contribution is 14.1. The fourth-order valence-corrected chi connectivity index (χ4v) is 6.41. The van der Waals surface area contributed by atoms with Gasteiger partial charge in [-0.25, -0.2) is 0 Å². The van der Waals surface area contributed by atoms with E-state index in [2.05, 4.69) is 113 Å². The Kier molecular flexibility index (Phi) is 11.8. The number of hydrogen-bond acceptors (Lipinski definition) is 2. The molecule has 0 rings (SSSR count). The minimum absolute atomic E-state index is 0.189. The summed E-state index contributed by atoms with van der Waals surface area (Å²) in [7, 11) is -3.28. The van der Waals surface area contributed by atoms with Gasteiger partial charge in [0.1, 0.15) is 0 Å². The molecule has 5 heteroatoms. The van der Waals surface area contributed by atoms with Crippen LogP contribution in [0.25, 0.3) is 0 Å². The first-order chi connectivity index (χ1) is 11.7. The third-order valence-electron chi connectivity index (χ3n) is 4.59. The van der Waals surface area contributed by atoms with E-state index in [1.807, 2.05) is 0 Å². The fraction of sp³-hybridized carbons (Fsp3) is 0.810. The molecule has 0 amide bonds. The van der Waals surface area contributed by atoms with Crippen molar-refractivity contribution in [2.24, 2.45) is 17.8 Å². The van der Waals surface area contributed by atoms with E-state index >= 15 is 0 Å². The Morgan fingerprint density at radius 1 is 0.923 bits per heavy atom. The van der Waals surface area contributed by atoms with Crippen LogP contribution in [0.3, 0.4) is 0 Å². The first kappa shape index (κ1) is 26.6. The molecule has 0 aliphatic rings. The summed E-state index contributed by atoms with van der Waals surface area (Å²) >= 11 is 2.28. The summed E-state index contributed by atoms with van der Waals surface area (Å²) in [5, 5.41) is 0. The number of rotatable bonds is 11. The molecule has 0 aliphatic carbocycles. The first-order valence-corrected chi connectivity index (χ1v) is 18.1. The van der Waals surface area contributed by atoms with Gasteiger partial charge in [-0.15, -0.1) is 0 Å². The van der Waals surface area contributed by atoms with Crippen LogP contribution in [0.5, 0.6) is 0 Å². The normalized spacial score (nSPS) is 20.1. The molecule has 0 radical (unpaired) electrons. The lowest BCUT2D eigenvalue weighted by Gasteiger charge is -2.42. The molecule has 0 bridgehead atoms. The lowest BCUT2D eigenvalue weighted by Crippen LogP contribution is -2.48. The van der Waals surface area contributed by atoms with Crippen molar-refractivity contribution >= 4 is 39.2 Å². The van der Waals surface area contributed by atoms with Crippen molar-refractivity contribution in [3.8, 4) is 0 Å². The summed E-state index contributed by atoms with van der Waals surface area (Å²) in [6, 6.07) is 0. The Morgan fingerprint density at radius 3 is 1.77 bits per heavy atom. The molecular weight excluding hydrogens is 467 g/mol. The molecule has 154 valence electrons. The fourth-order valence-electron chi connectivity index (χ4n) is 3.34. The van der Waals surface area contributed by atoms with Crippen molar-refractivity contribution in [2.45, 2.75) is 92.5 Å². The predicted molar refractivity (Wildman–Crippen MR) is 131 cm³/mol. The molecule has 5 atom stereocenters. The zero-order valence-corrected chi connectivity index (χ0v) is 23.2. The average molecular weight is 511 g/mol. The maximum Gasteiger partial charge on any atom is 0.184 e. The van der Waals surface area contributed by atoms with Gasteiger partial charge in [-0.2, -0.15) is 0 Å². The van der Waals surface area contributed by atoms with Crippen LogP contribution in [0.4, 0.5) is 0 Å². The van der Waals surface area contributed by atoms with E-state index in [4.69, 9.17) is 8.85 Å². The second-order valence-corrected chi connectivity index (χ2v) is 19.3. The molecule has 0 fully saturated rings. The maximum atomic E-state index is 6.73. The lowest BCUT2D eigenvalue weighted by atomic mass is 9.83. The Hall–Kier alpha value is 0.564. The van der Waals surface area contributed by atoms with Crippen molar-refractivity contribution in [3.63, 3.8) is 0 Å². The second kappa shape index (κ2) is 11.5. The highest BCUT2D eigenvalue weighted by Crippen LogP contribution is 2.32. The van der Waals surface area contributed by atoms with E-state index in [-0.39, 0.29) is 12.2 Å². The van der Waals surface area contributed by atoms with Gasteiger partial charge in [0.05, 0.1) is 12.2 Å². The van der Waals surface area contributed by atoms with Gasteiger partial charge in [0.15, 0.2) is 16.6 Å². The summed E-state index contributed by atoms with van der Waals surface area (Å²) in [6.07, 6.45) is 6.11. The minimum atomic E-state index is -1.66. The molecule has 2 nitrogen and oxygen atoms in total. The summed E-state index contributed by atoms with van der Waals surface area (Å²) in [5.74, 6) is 1.27. The van der Waals surface area contributed by atoms with Crippen LogP contribution in [0, 0.1) is 17.8 Å². The van der Waals surface area contributed by atoms with Crippen molar-refractivity contribution in [1.82, 2.24) is 0 Å². The molecule has 0 heterocycles. The number of halogens is 1. The number of hydrogen-bond donors (Lipinski definition) is 0. The summed E-state index contributed by atoms with van der Waals surface area (Å²) in [5.41, 5.74) is 1.30. The lowest BCUT2D eigenvalue weighted by molar-refractivity contribution is -0.00242. The highest BCUT2D eigenvalue weighted by Gasteiger charge is 2.37. The summed E-state index contributed by atoms with van der Waals surface area (Å²) in [4.78, 5) is 0. The van der Waals surface area contributed by atoms with Crippen molar-refractivity contribution < 1.29 is 8.85 Å². The zero-order valence-electron chi connectivity index (χ0n) is 19.0. The zero-order chi connectivity index (χ0) is 20.7. The van der Waals surface area contributed by atoms with Crippen LogP contribution in [-0.2, 0) is 8.85 Å². The highest BCUT2D eigenvalue weighted by atomic mass is 127. The maximum absolute atomic E-state index is 6.73. The molecule has 0 aliphatic heterocycles. The van der Waals surface area contributed by atoms with Crippen LogP contribution < -0.4 is 0 Å². The van der Waals surface area contributed by atoms with Crippen molar-refractivity contribution in [1.29, 1.82) is 0 Å². The molecular formula is C21H43IO2Si2. The molecule has 0 aromatic heterocycles. The SMILES string of the molecule is CC[C@H](C)[C@@H](O[Si](C)(C)C)[C@H](C)[C@H](O[Si](C)(C)C)[C@H](C)/C=C(C)/C=C\I. The number of allylic oxidation sites excluding steroid dienone is 2. The van der Waals surface area contributed by atoms with E-state index in [1.54, 1.807) is 0 Å². The average Bonchev–Trinajstić information content (AvgIpc) is 2.47. The minimum Gasteiger partial charge on any atom is -0.414 e. The predicted octanol–water partition coefficient (Wildman–Crippen LogP) is 7.64. The van der Waals surface area contributed by atoms with Gasteiger partial charge in [0.2, 0.25) is 0 Å². The molecule has 0 saturated carbocycles. The first-order valence-electron chi connectivity index (χ1n) is 10.0. The molecule has 26 heavy (non-hydrogen) atoms. The monoisotopic (exact) mass is 510 g/mol. The van der Waals surface area contributed by atoms with Gasteiger partial charge in [0, 0.05) is 5.92 Å². The standard InChI is InChI=1S/C21H43IO2Si2/c1-12-17(3)20(23-25(6,7)8)19(5)21(24-26(9,10)11)18(4)15-16(2)13-14-22/h13-15,17-21H,12H2,1-11H3/b14-13-,16-15+/t17-,18+,19-,20+,21+/m0/s1. The topological polar surface area (TPSA) is 18.5 Å². The van der Waals surface area contributed by atoms with E-state index in [9.17, 15) is 0 Å². The quantitative estimate of drug-likeness (QED) is 0.162. The van der Waals surface area contributed by atoms with E-state index < -0.39 is 16.6 Å². The Labute approximate surface area is 179 Å². The van der Waals surface area contributed by atoms with Gasteiger partial charge in [-0.05, 0) is 62.1 Å². The van der Waals surface area contributed by atoms with E-state index in [1.165, 1.54) is 5.57 Å². The third-order valence-corrected chi connectivity index (χ3v) is 6.91. The van der Waals surface area contributed by atoms with Crippen LogP contribution in [-0.4, -0.2) is 28.8 Å². The molecule has 0 N–H and O–H groups in total. The van der Waals surface area contributed by atoms with Crippen molar-refractivity contribution in [2.75, 3.05) is 0 Å². The third kappa shape index (κ3) is 10.8. The molecule has 0 spiro atoms. The largest absolute Gasteiger partial charge is 0.414 e. The Balaban J connectivity index is 5.77. The van der Waals surface area contributed by atoms with Gasteiger partial charge in [-0.3, -0.25) is 0 Å². The van der Waals surface area contributed by atoms with Gasteiger partial charge in [-0.1, -0.05) is 74.4 Å².